The molecule has 0 aliphatic carbocycles. The van der Waals surface area contributed by atoms with E-state index in [1.54, 1.807) is 0 Å². The predicted molar refractivity (Wildman–Crippen MR) is 78.9 cm³/mol. The third kappa shape index (κ3) is 2.52. The fourth-order valence-corrected chi connectivity index (χ4v) is 2.55. The highest BCUT2D eigenvalue weighted by Gasteiger charge is 2.14. The number of aryl methyl sites for hydroxylation is 2. The number of ketones is 1. The topological polar surface area (TPSA) is 26.3 Å². The zero-order valence-corrected chi connectivity index (χ0v) is 11.9. The molecule has 0 saturated carbocycles. The summed E-state index contributed by atoms with van der Waals surface area (Å²) in [6.45, 7) is 5.46. The van der Waals surface area contributed by atoms with Gasteiger partial charge in [-0.05, 0) is 47.7 Å². The predicted octanol–water partition coefficient (Wildman–Crippen LogP) is 3.76. The molecule has 0 unspecified atom stereocenters. The fourth-order valence-electron chi connectivity index (χ4n) is 2.55. The van der Waals surface area contributed by atoms with Gasteiger partial charge in [0, 0.05) is 12.0 Å². The molecule has 1 aliphatic rings. The van der Waals surface area contributed by atoms with E-state index in [0.29, 0.717) is 19.6 Å². The third-order valence-corrected chi connectivity index (χ3v) is 3.98. The minimum Gasteiger partial charge on any atom is -0.372 e. The van der Waals surface area contributed by atoms with Crippen molar-refractivity contribution in [2.75, 3.05) is 0 Å². The maximum Gasteiger partial charge on any atom is 0.167 e. The van der Waals surface area contributed by atoms with Gasteiger partial charge in [0.1, 0.15) is 0 Å². The number of hydrogen-bond acceptors (Lipinski definition) is 2. The van der Waals surface area contributed by atoms with Crippen LogP contribution in [0, 0.1) is 13.8 Å². The van der Waals surface area contributed by atoms with Crippen molar-refractivity contribution in [2.24, 2.45) is 0 Å². The van der Waals surface area contributed by atoms with E-state index < -0.39 is 0 Å². The lowest BCUT2D eigenvalue weighted by Crippen LogP contribution is -2.04. The molecular formula is C18H18O2. The summed E-state index contributed by atoms with van der Waals surface area (Å²) in [5.74, 6) is 0.169. The smallest absolute Gasteiger partial charge is 0.167 e. The van der Waals surface area contributed by atoms with Crippen LogP contribution in [0.4, 0.5) is 0 Å². The minimum absolute atomic E-state index is 0.169. The van der Waals surface area contributed by atoms with E-state index in [-0.39, 0.29) is 5.78 Å². The number of carbonyl (C=O) groups is 1. The lowest BCUT2D eigenvalue weighted by Gasteiger charge is -2.06. The van der Waals surface area contributed by atoms with Gasteiger partial charge in [-0.15, -0.1) is 0 Å². The van der Waals surface area contributed by atoms with E-state index in [1.807, 2.05) is 24.3 Å². The standard InChI is InChI=1S/C18H18O2/c1-12-3-4-14(7-13(12)2)8-18(19)15-5-6-16-10-20-11-17(16)9-15/h3-7,9H,8,10-11H2,1-2H3. The molecule has 3 rings (SSSR count). The minimum atomic E-state index is 0.169. The van der Waals surface area contributed by atoms with Gasteiger partial charge in [0.2, 0.25) is 0 Å². The third-order valence-electron chi connectivity index (χ3n) is 3.98. The Morgan fingerprint density at radius 2 is 1.80 bits per heavy atom. The van der Waals surface area contributed by atoms with E-state index in [9.17, 15) is 4.79 Å². The zero-order valence-electron chi connectivity index (χ0n) is 11.9. The molecule has 0 amide bonds. The summed E-state index contributed by atoms with van der Waals surface area (Å²) < 4.78 is 5.39. The average Bonchev–Trinajstić information content (AvgIpc) is 2.90. The van der Waals surface area contributed by atoms with Crippen molar-refractivity contribution in [2.45, 2.75) is 33.5 Å². The quantitative estimate of drug-likeness (QED) is 0.791. The molecule has 1 aliphatic heterocycles. The van der Waals surface area contributed by atoms with Crippen LogP contribution in [0.15, 0.2) is 36.4 Å². The summed E-state index contributed by atoms with van der Waals surface area (Å²) >= 11 is 0. The van der Waals surface area contributed by atoms with Crippen molar-refractivity contribution in [1.82, 2.24) is 0 Å². The Hall–Kier alpha value is -1.93. The number of ether oxygens (including phenoxy) is 1. The van der Waals surface area contributed by atoms with Gasteiger partial charge in [-0.2, -0.15) is 0 Å². The molecule has 1 heterocycles. The molecule has 0 N–H and O–H groups in total. The molecule has 20 heavy (non-hydrogen) atoms. The molecule has 0 bridgehead atoms. The Morgan fingerprint density at radius 1 is 1.00 bits per heavy atom. The van der Waals surface area contributed by atoms with Crippen molar-refractivity contribution >= 4 is 5.78 Å². The summed E-state index contributed by atoms with van der Waals surface area (Å²) in [5, 5.41) is 0. The molecule has 0 radical (unpaired) electrons. The number of benzene rings is 2. The second-order valence-corrected chi connectivity index (χ2v) is 5.49. The Labute approximate surface area is 119 Å². The summed E-state index contributed by atoms with van der Waals surface area (Å²) in [5.41, 5.74) is 6.71. The summed E-state index contributed by atoms with van der Waals surface area (Å²) in [6, 6.07) is 12.1. The Balaban J connectivity index is 1.80. The number of fused-ring (bicyclic) bond motifs is 1. The van der Waals surface area contributed by atoms with E-state index in [4.69, 9.17) is 4.74 Å². The molecule has 2 aromatic carbocycles. The number of hydrogen-bond donors (Lipinski definition) is 0. The first-order chi connectivity index (χ1) is 9.63. The molecule has 0 saturated heterocycles. The first-order valence-electron chi connectivity index (χ1n) is 6.92. The number of carbonyl (C=O) groups excluding carboxylic acids is 1. The van der Waals surface area contributed by atoms with E-state index in [0.717, 1.165) is 16.7 Å². The SMILES string of the molecule is Cc1ccc(CC(=O)c2ccc3c(c2)COC3)cc1C. The van der Waals surface area contributed by atoms with Crippen LogP contribution in [-0.4, -0.2) is 5.78 Å². The van der Waals surface area contributed by atoms with Crippen molar-refractivity contribution in [3.63, 3.8) is 0 Å². The van der Waals surface area contributed by atoms with Crippen LogP contribution in [0.2, 0.25) is 0 Å². The van der Waals surface area contributed by atoms with Gasteiger partial charge in [0.05, 0.1) is 13.2 Å². The lowest BCUT2D eigenvalue weighted by molar-refractivity contribution is 0.0993. The van der Waals surface area contributed by atoms with Crippen molar-refractivity contribution < 1.29 is 9.53 Å². The summed E-state index contributed by atoms with van der Waals surface area (Å²) in [6.07, 6.45) is 0.459. The highest BCUT2D eigenvalue weighted by atomic mass is 16.5. The number of Topliss-reactive ketones (excluding diaryl/α,β-unsaturated/α-hetero) is 1. The van der Waals surface area contributed by atoms with Crippen molar-refractivity contribution in [1.29, 1.82) is 0 Å². The second-order valence-electron chi connectivity index (χ2n) is 5.49. The van der Waals surface area contributed by atoms with Gasteiger partial charge in [-0.25, -0.2) is 0 Å². The van der Waals surface area contributed by atoms with Crippen molar-refractivity contribution in [3.8, 4) is 0 Å². The van der Waals surface area contributed by atoms with Gasteiger partial charge in [-0.3, -0.25) is 4.79 Å². The second kappa shape index (κ2) is 5.22. The van der Waals surface area contributed by atoms with Crippen LogP contribution < -0.4 is 0 Å². The summed E-state index contributed by atoms with van der Waals surface area (Å²) in [4.78, 5) is 12.4. The normalized spacial score (nSPS) is 13.3. The maximum atomic E-state index is 12.4. The van der Waals surface area contributed by atoms with Gasteiger partial charge < -0.3 is 4.74 Å². The average molecular weight is 266 g/mol. The van der Waals surface area contributed by atoms with E-state index >= 15 is 0 Å². The lowest BCUT2D eigenvalue weighted by atomic mass is 9.97. The molecule has 2 nitrogen and oxygen atoms in total. The highest BCUT2D eigenvalue weighted by molar-refractivity contribution is 5.97. The van der Waals surface area contributed by atoms with Gasteiger partial charge in [0.15, 0.2) is 5.78 Å². The first kappa shape index (κ1) is 13.1. The van der Waals surface area contributed by atoms with Crippen LogP contribution in [0.5, 0.6) is 0 Å². The largest absolute Gasteiger partial charge is 0.372 e. The van der Waals surface area contributed by atoms with Crippen LogP contribution in [-0.2, 0) is 24.4 Å². The highest BCUT2D eigenvalue weighted by Crippen LogP contribution is 2.22. The molecule has 0 spiro atoms. The van der Waals surface area contributed by atoms with Gasteiger partial charge >= 0.3 is 0 Å². The molecular weight excluding hydrogens is 248 g/mol. The molecule has 102 valence electrons. The molecule has 0 atom stereocenters. The summed E-state index contributed by atoms with van der Waals surface area (Å²) in [7, 11) is 0. The maximum absolute atomic E-state index is 12.4. The van der Waals surface area contributed by atoms with Crippen LogP contribution in [0.1, 0.15) is 38.2 Å². The fraction of sp³-hybridized carbons (Fsp3) is 0.278. The Kier molecular flexibility index (Phi) is 3.41. The monoisotopic (exact) mass is 266 g/mol. The van der Waals surface area contributed by atoms with Gasteiger partial charge in [0.25, 0.3) is 0 Å². The van der Waals surface area contributed by atoms with Crippen LogP contribution in [0.3, 0.4) is 0 Å². The molecule has 2 aromatic rings. The van der Waals surface area contributed by atoms with Crippen LogP contribution >= 0.6 is 0 Å². The van der Waals surface area contributed by atoms with Crippen LogP contribution in [0.25, 0.3) is 0 Å². The Morgan fingerprint density at radius 3 is 2.60 bits per heavy atom. The van der Waals surface area contributed by atoms with Gasteiger partial charge in [-0.1, -0.05) is 30.3 Å². The number of rotatable bonds is 3. The Bertz CT molecular complexity index is 671. The first-order valence-corrected chi connectivity index (χ1v) is 6.92. The molecule has 2 heteroatoms. The van der Waals surface area contributed by atoms with Crippen molar-refractivity contribution in [3.05, 3.63) is 69.8 Å². The molecule has 0 fully saturated rings. The van der Waals surface area contributed by atoms with E-state index in [1.165, 1.54) is 16.7 Å². The van der Waals surface area contributed by atoms with E-state index in [2.05, 4.69) is 26.0 Å². The molecule has 0 aromatic heterocycles. The zero-order chi connectivity index (χ0) is 14.1.